The van der Waals surface area contributed by atoms with Gasteiger partial charge < -0.3 is 19.5 Å². The fourth-order valence-corrected chi connectivity index (χ4v) is 2.73. The van der Waals surface area contributed by atoms with E-state index in [0.717, 1.165) is 0 Å². The van der Waals surface area contributed by atoms with E-state index in [2.05, 4.69) is 5.32 Å². The molecule has 0 aliphatic carbocycles. The number of hydrogen-bond donors (Lipinski definition) is 1. The van der Waals surface area contributed by atoms with Gasteiger partial charge in [0, 0.05) is 17.8 Å². The number of carbonyl (C=O) groups is 2. The van der Waals surface area contributed by atoms with Gasteiger partial charge in [-0.2, -0.15) is 0 Å². The summed E-state index contributed by atoms with van der Waals surface area (Å²) in [4.78, 5) is 34.2. The molecule has 25 heavy (non-hydrogen) atoms. The Morgan fingerprint density at radius 3 is 2.76 bits per heavy atom. The van der Waals surface area contributed by atoms with Crippen LogP contribution in [-0.4, -0.2) is 29.7 Å². The number of nitrogens with zero attached hydrogens (tertiary/aromatic N) is 1. The van der Waals surface area contributed by atoms with Crippen LogP contribution < -0.4 is 14.8 Å². The van der Waals surface area contributed by atoms with Gasteiger partial charge in [-0.15, -0.1) is 0 Å². The van der Waals surface area contributed by atoms with Gasteiger partial charge in [-0.25, -0.2) is 4.79 Å². The molecule has 1 N–H and O–H groups in total. The first-order valence-electron chi connectivity index (χ1n) is 7.10. The molecule has 0 saturated carbocycles. The van der Waals surface area contributed by atoms with Crippen molar-refractivity contribution in [2.75, 3.05) is 12.1 Å². The minimum Gasteiger partial charge on any atom is -0.454 e. The zero-order valence-corrected chi connectivity index (χ0v) is 13.7. The summed E-state index contributed by atoms with van der Waals surface area (Å²) in [6.07, 6.45) is -1.08. The summed E-state index contributed by atoms with van der Waals surface area (Å²) in [5, 5.41) is 13.1. The lowest BCUT2D eigenvalue weighted by atomic mass is 10.2. The minimum atomic E-state index is -1.08. The average molecular weight is 364 g/mol. The van der Waals surface area contributed by atoms with Crippen molar-refractivity contribution in [3.05, 3.63) is 45.3 Å². The summed E-state index contributed by atoms with van der Waals surface area (Å²) in [5.74, 6) is -0.255. The summed E-state index contributed by atoms with van der Waals surface area (Å²) in [6.45, 7) is 1.52. The Morgan fingerprint density at radius 1 is 1.28 bits per heavy atom. The van der Waals surface area contributed by atoms with E-state index in [-0.39, 0.29) is 16.7 Å². The maximum absolute atomic E-state index is 12.1. The highest BCUT2D eigenvalue weighted by atomic mass is 32.1. The van der Waals surface area contributed by atoms with Crippen molar-refractivity contribution in [2.24, 2.45) is 0 Å². The van der Waals surface area contributed by atoms with Gasteiger partial charge in [0.1, 0.15) is 4.88 Å². The second-order valence-electron chi connectivity index (χ2n) is 5.00. The SMILES string of the molecule is CC(OC(=O)c1ccc([N+](=O)[O-])s1)C(=O)Nc1ccc2c(c1)OCO2. The first-order valence-corrected chi connectivity index (χ1v) is 7.91. The molecule has 1 unspecified atom stereocenters. The van der Waals surface area contributed by atoms with Gasteiger partial charge in [-0.3, -0.25) is 14.9 Å². The number of ether oxygens (including phenoxy) is 3. The third kappa shape index (κ3) is 3.69. The molecular weight excluding hydrogens is 352 g/mol. The smallest absolute Gasteiger partial charge is 0.349 e. The maximum Gasteiger partial charge on any atom is 0.349 e. The molecule has 2 heterocycles. The van der Waals surface area contributed by atoms with E-state index >= 15 is 0 Å². The lowest BCUT2D eigenvalue weighted by Gasteiger charge is -2.13. The summed E-state index contributed by atoms with van der Waals surface area (Å²) < 4.78 is 15.4. The van der Waals surface area contributed by atoms with Crippen LogP contribution in [0.3, 0.4) is 0 Å². The molecule has 10 heteroatoms. The molecule has 0 radical (unpaired) electrons. The highest BCUT2D eigenvalue weighted by molar-refractivity contribution is 7.17. The van der Waals surface area contributed by atoms with Gasteiger partial charge in [0.2, 0.25) is 6.79 Å². The van der Waals surface area contributed by atoms with E-state index in [9.17, 15) is 19.7 Å². The standard InChI is InChI=1S/C15H12N2O7S/c1-8(24-15(19)12-4-5-13(25-12)17(20)21)14(18)16-9-2-3-10-11(6-9)23-7-22-10/h2-6,8H,7H2,1H3,(H,16,18). The Hall–Kier alpha value is -3.14. The quantitative estimate of drug-likeness (QED) is 0.492. The van der Waals surface area contributed by atoms with Crippen LogP contribution in [0.25, 0.3) is 0 Å². The van der Waals surface area contributed by atoms with Gasteiger partial charge in [-0.1, -0.05) is 11.3 Å². The number of esters is 1. The van der Waals surface area contributed by atoms with Crippen LogP contribution in [0.2, 0.25) is 0 Å². The van der Waals surface area contributed by atoms with Crippen LogP contribution in [0.4, 0.5) is 10.7 Å². The number of nitro groups is 1. The average Bonchev–Trinajstić information content (AvgIpc) is 3.23. The molecule has 0 saturated heterocycles. The Kier molecular flexibility index (Phi) is 4.52. The van der Waals surface area contributed by atoms with E-state index < -0.39 is 22.9 Å². The predicted octanol–water partition coefficient (Wildman–Crippen LogP) is 2.57. The first-order chi connectivity index (χ1) is 11.9. The number of hydrogen-bond acceptors (Lipinski definition) is 8. The van der Waals surface area contributed by atoms with Crippen molar-refractivity contribution in [1.82, 2.24) is 0 Å². The Labute approximate surface area is 145 Å². The molecular formula is C15H12N2O7S. The first kappa shape index (κ1) is 16.7. The van der Waals surface area contributed by atoms with Gasteiger partial charge in [-0.05, 0) is 25.1 Å². The largest absolute Gasteiger partial charge is 0.454 e. The van der Waals surface area contributed by atoms with Crippen molar-refractivity contribution < 1.29 is 28.7 Å². The number of carbonyl (C=O) groups excluding carboxylic acids is 2. The topological polar surface area (TPSA) is 117 Å². The minimum absolute atomic E-state index is 0.0504. The summed E-state index contributed by atoms with van der Waals surface area (Å²) in [6, 6.07) is 7.37. The molecule has 9 nitrogen and oxygen atoms in total. The van der Waals surface area contributed by atoms with E-state index in [0.29, 0.717) is 28.5 Å². The summed E-state index contributed by atoms with van der Waals surface area (Å²) in [7, 11) is 0. The van der Waals surface area contributed by atoms with Crippen LogP contribution in [0.5, 0.6) is 11.5 Å². The predicted molar refractivity (Wildman–Crippen MR) is 87.0 cm³/mol. The number of rotatable bonds is 5. The van der Waals surface area contributed by atoms with Crippen LogP contribution in [-0.2, 0) is 9.53 Å². The van der Waals surface area contributed by atoms with Gasteiger partial charge in [0.15, 0.2) is 17.6 Å². The van der Waals surface area contributed by atoms with E-state index in [1.807, 2.05) is 0 Å². The van der Waals surface area contributed by atoms with Crippen molar-refractivity contribution in [3.63, 3.8) is 0 Å². The monoisotopic (exact) mass is 364 g/mol. The molecule has 1 atom stereocenters. The van der Waals surface area contributed by atoms with Gasteiger partial charge >= 0.3 is 11.0 Å². The molecule has 1 aliphatic rings. The Bertz CT molecular complexity index is 848. The molecule has 0 spiro atoms. The second kappa shape index (κ2) is 6.77. The zero-order chi connectivity index (χ0) is 18.0. The molecule has 0 fully saturated rings. The number of amides is 1. The molecule has 2 aromatic rings. The second-order valence-corrected chi connectivity index (χ2v) is 6.06. The normalized spacial score (nSPS) is 13.2. The number of thiophene rings is 1. The third-order valence-electron chi connectivity index (χ3n) is 3.27. The molecule has 3 rings (SSSR count). The van der Waals surface area contributed by atoms with Crippen molar-refractivity contribution >= 4 is 33.9 Å². The Balaban J connectivity index is 1.60. The number of nitrogens with one attached hydrogen (secondary N) is 1. The number of fused-ring (bicyclic) bond motifs is 1. The maximum atomic E-state index is 12.1. The molecule has 130 valence electrons. The van der Waals surface area contributed by atoms with E-state index in [1.54, 1.807) is 18.2 Å². The third-order valence-corrected chi connectivity index (χ3v) is 4.28. The Morgan fingerprint density at radius 2 is 2.04 bits per heavy atom. The van der Waals surface area contributed by atoms with Crippen LogP contribution in [0.15, 0.2) is 30.3 Å². The fourth-order valence-electron chi connectivity index (χ4n) is 2.03. The molecule has 1 amide bonds. The molecule has 1 aromatic carbocycles. The van der Waals surface area contributed by atoms with Crippen molar-refractivity contribution in [1.29, 1.82) is 0 Å². The van der Waals surface area contributed by atoms with Crippen molar-refractivity contribution in [3.8, 4) is 11.5 Å². The highest BCUT2D eigenvalue weighted by Crippen LogP contribution is 2.34. The van der Waals surface area contributed by atoms with Crippen LogP contribution >= 0.6 is 11.3 Å². The lowest BCUT2D eigenvalue weighted by Crippen LogP contribution is -2.29. The summed E-state index contributed by atoms with van der Waals surface area (Å²) >= 11 is 0.684. The fraction of sp³-hybridized carbons (Fsp3) is 0.200. The van der Waals surface area contributed by atoms with E-state index in [4.69, 9.17) is 14.2 Å². The van der Waals surface area contributed by atoms with E-state index in [1.165, 1.54) is 19.1 Å². The number of benzene rings is 1. The highest BCUT2D eigenvalue weighted by Gasteiger charge is 2.23. The van der Waals surface area contributed by atoms with Crippen LogP contribution in [0, 0.1) is 10.1 Å². The lowest BCUT2D eigenvalue weighted by molar-refractivity contribution is -0.380. The van der Waals surface area contributed by atoms with Gasteiger partial charge in [0.05, 0.1) is 4.92 Å². The van der Waals surface area contributed by atoms with Crippen molar-refractivity contribution in [2.45, 2.75) is 13.0 Å². The van der Waals surface area contributed by atoms with Crippen LogP contribution in [0.1, 0.15) is 16.6 Å². The zero-order valence-electron chi connectivity index (χ0n) is 12.9. The molecule has 0 bridgehead atoms. The number of anilines is 1. The molecule has 1 aromatic heterocycles. The molecule has 1 aliphatic heterocycles. The van der Waals surface area contributed by atoms with Gasteiger partial charge in [0.25, 0.3) is 5.91 Å². The summed E-state index contributed by atoms with van der Waals surface area (Å²) in [5.41, 5.74) is 0.462.